The van der Waals surface area contributed by atoms with Crippen LogP contribution >= 0.6 is 15.9 Å². The van der Waals surface area contributed by atoms with Crippen LogP contribution in [0.2, 0.25) is 0 Å². The fraction of sp³-hybridized carbons (Fsp3) is 0.600. The van der Waals surface area contributed by atoms with E-state index < -0.39 is 0 Å². The largest absolute Gasteiger partial charge is 0.378 e. The maximum Gasteiger partial charge on any atom is 0.0954 e. The number of hydrogen-bond donors (Lipinski definition) is 0. The van der Waals surface area contributed by atoms with Crippen LogP contribution in [-0.4, -0.2) is 49.2 Å². The Balaban J connectivity index is 1.73. The minimum Gasteiger partial charge on any atom is -0.378 e. The fourth-order valence-corrected chi connectivity index (χ4v) is 3.51. The van der Waals surface area contributed by atoms with Crippen LogP contribution in [0.1, 0.15) is 17.2 Å². The summed E-state index contributed by atoms with van der Waals surface area (Å²) in [6.45, 7) is 4.46. The van der Waals surface area contributed by atoms with Gasteiger partial charge in [0.2, 0.25) is 0 Å². The van der Waals surface area contributed by atoms with Gasteiger partial charge in [0.25, 0.3) is 0 Å². The van der Waals surface area contributed by atoms with Gasteiger partial charge in [0, 0.05) is 24.5 Å². The predicted molar refractivity (Wildman–Crippen MR) is 78.8 cm³/mol. The molecule has 2 unspecified atom stereocenters. The van der Waals surface area contributed by atoms with E-state index in [1.54, 1.807) is 0 Å². The topological polar surface area (TPSA) is 21.7 Å². The van der Waals surface area contributed by atoms with Crippen molar-refractivity contribution < 1.29 is 9.47 Å². The SMILES string of the molecule is BrCC1COCCN1CC1OCCc2ccccc21. The van der Waals surface area contributed by atoms with Gasteiger partial charge in [-0.25, -0.2) is 0 Å². The highest BCUT2D eigenvalue weighted by atomic mass is 79.9. The molecular weight excluding hydrogens is 306 g/mol. The van der Waals surface area contributed by atoms with Crippen LogP contribution in [0.3, 0.4) is 0 Å². The third-order valence-corrected chi connectivity index (χ3v) is 4.77. The van der Waals surface area contributed by atoms with Gasteiger partial charge < -0.3 is 9.47 Å². The summed E-state index contributed by atoms with van der Waals surface area (Å²) in [6, 6.07) is 9.14. The standard InChI is InChI=1S/C15H20BrNO2/c16-9-13-11-18-8-6-17(13)10-15-14-4-2-1-3-12(14)5-7-19-15/h1-4,13,15H,5-11H2. The summed E-state index contributed by atoms with van der Waals surface area (Å²) < 4.78 is 11.6. The lowest BCUT2D eigenvalue weighted by molar-refractivity contribution is -0.0405. The Morgan fingerprint density at radius 2 is 2.16 bits per heavy atom. The number of hydrogen-bond acceptors (Lipinski definition) is 3. The molecule has 0 spiro atoms. The van der Waals surface area contributed by atoms with Crippen molar-refractivity contribution in [3.05, 3.63) is 35.4 Å². The van der Waals surface area contributed by atoms with Crippen molar-refractivity contribution in [1.82, 2.24) is 4.90 Å². The Bertz CT molecular complexity index is 426. The van der Waals surface area contributed by atoms with Gasteiger partial charge in [-0.05, 0) is 17.5 Å². The Kier molecular flexibility index (Phi) is 4.53. The molecule has 3 rings (SSSR count). The number of fused-ring (bicyclic) bond motifs is 1. The first-order valence-corrected chi connectivity index (χ1v) is 8.08. The van der Waals surface area contributed by atoms with Crippen molar-refractivity contribution in [2.75, 3.05) is 38.2 Å². The number of rotatable bonds is 3. The highest BCUT2D eigenvalue weighted by molar-refractivity contribution is 9.09. The summed E-state index contributed by atoms with van der Waals surface area (Å²) in [5.74, 6) is 0. The molecule has 2 atom stereocenters. The smallest absolute Gasteiger partial charge is 0.0954 e. The molecule has 0 N–H and O–H groups in total. The third-order valence-electron chi connectivity index (χ3n) is 4.02. The van der Waals surface area contributed by atoms with Gasteiger partial charge in [0.05, 0.1) is 25.9 Å². The molecule has 2 heterocycles. The van der Waals surface area contributed by atoms with E-state index in [1.165, 1.54) is 11.1 Å². The molecular formula is C15H20BrNO2. The zero-order valence-corrected chi connectivity index (χ0v) is 12.6. The second-order valence-corrected chi connectivity index (χ2v) is 5.83. The highest BCUT2D eigenvalue weighted by Gasteiger charge is 2.28. The lowest BCUT2D eigenvalue weighted by Gasteiger charge is -2.38. The molecule has 1 aromatic rings. The Morgan fingerprint density at radius 3 is 3.05 bits per heavy atom. The summed E-state index contributed by atoms with van der Waals surface area (Å²) in [5, 5.41) is 0.960. The molecule has 2 aliphatic heterocycles. The molecule has 104 valence electrons. The van der Waals surface area contributed by atoms with Crippen LogP contribution in [-0.2, 0) is 15.9 Å². The van der Waals surface area contributed by atoms with Gasteiger partial charge in [0.1, 0.15) is 0 Å². The predicted octanol–water partition coefficient (Wildman–Crippen LogP) is 2.40. The molecule has 0 radical (unpaired) electrons. The Morgan fingerprint density at radius 1 is 1.26 bits per heavy atom. The third kappa shape index (κ3) is 3.02. The van der Waals surface area contributed by atoms with E-state index in [-0.39, 0.29) is 6.10 Å². The van der Waals surface area contributed by atoms with Crippen LogP contribution < -0.4 is 0 Å². The first-order valence-electron chi connectivity index (χ1n) is 6.95. The van der Waals surface area contributed by atoms with Gasteiger partial charge in [-0.1, -0.05) is 40.2 Å². The van der Waals surface area contributed by atoms with Crippen molar-refractivity contribution in [1.29, 1.82) is 0 Å². The molecule has 0 saturated carbocycles. The fourth-order valence-electron chi connectivity index (χ4n) is 2.91. The van der Waals surface area contributed by atoms with Crippen LogP contribution in [0.4, 0.5) is 0 Å². The monoisotopic (exact) mass is 325 g/mol. The van der Waals surface area contributed by atoms with Crippen molar-refractivity contribution in [2.45, 2.75) is 18.6 Å². The van der Waals surface area contributed by atoms with Crippen molar-refractivity contribution in [2.24, 2.45) is 0 Å². The lowest BCUT2D eigenvalue weighted by Crippen LogP contribution is -2.48. The molecule has 1 saturated heterocycles. The molecule has 2 aliphatic rings. The van der Waals surface area contributed by atoms with Gasteiger partial charge >= 0.3 is 0 Å². The summed E-state index contributed by atoms with van der Waals surface area (Å²) in [5.41, 5.74) is 2.82. The average Bonchev–Trinajstić information content (AvgIpc) is 2.48. The van der Waals surface area contributed by atoms with Crippen molar-refractivity contribution >= 4 is 15.9 Å². The van der Waals surface area contributed by atoms with Gasteiger partial charge in [-0.3, -0.25) is 4.90 Å². The van der Waals surface area contributed by atoms with Crippen molar-refractivity contribution in [3.63, 3.8) is 0 Å². The molecule has 0 bridgehead atoms. The normalized spacial score (nSPS) is 28.1. The quantitative estimate of drug-likeness (QED) is 0.796. The minimum absolute atomic E-state index is 0.213. The molecule has 3 nitrogen and oxygen atoms in total. The number of nitrogens with zero attached hydrogens (tertiary/aromatic N) is 1. The first kappa shape index (κ1) is 13.6. The molecule has 0 amide bonds. The van der Waals surface area contributed by atoms with Crippen LogP contribution in [0.25, 0.3) is 0 Å². The number of alkyl halides is 1. The summed E-state index contributed by atoms with van der Waals surface area (Å²) in [7, 11) is 0. The molecule has 1 fully saturated rings. The summed E-state index contributed by atoms with van der Waals surface area (Å²) >= 11 is 3.59. The van der Waals surface area contributed by atoms with Gasteiger partial charge in [-0.15, -0.1) is 0 Å². The highest BCUT2D eigenvalue weighted by Crippen LogP contribution is 2.28. The maximum atomic E-state index is 6.00. The van der Waals surface area contributed by atoms with E-state index in [4.69, 9.17) is 9.47 Å². The van der Waals surface area contributed by atoms with E-state index >= 15 is 0 Å². The van der Waals surface area contributed by atoms with Gasteiger partial charge in [-0.2, -0.15) is 0 Å². The summed E-state index contributed by atoms with van der Waals surface area (Å²) in [6.07, 6.45) is 1.25. The van der Waals surface area contributed by atoms with Gasteiger partial charge in [0.15, 0.2) is 0 Å². The maximum absolute atomic E-state index is 6.00. The number of halogens is 1. The second kappa shape index (κ2) is 6.35. The summed E-state index contributed by atoms with van der Waals surface area (Å²) in [4.78, 5) is 2.49. The molecule has 0 aromatic heterocycles. The molecule has 4 heteroatoms. The Labute approximate surface area is 123 Å². The average molecular weight is 326 g/mol. The van der Waals surface area contributed by atoms with E-state index in [1.807, 2.05) is 0 Å². The first-order chi connectivity index (χ1) is 9.38. The zero-order valence-electron chi connectivity index (χ0n) is 11.1. The van der Waals surface area contributed by atoms with Crippen molar-refractivity contribution in [3.8, 4) is 0 Å². The number of benzene rings is 1. The number of ether oxygens (including phenoxy) is 2. The number of morpholine rings is 1. The van der Waals surface area contributed by atoms with E-state index in [0.717, 1.165) is 44.7 Å². The molecule has 0 aliphatic carbocycles. The molecule has 1 aromatic carbocycles. The van der Waals surface area contributed by atoms with E-state index in [2.05, 4.69) is 45.1 Å². The Hall–Kier alpha value is -0.420. The van der Waals surface area contributed by atoms with E-state index in [9.17, 15) is 0 Å². The van der Waals surface area contributed by atoms with Crippen LogP contribution in [0.15, 0.2) is 24.3 Å². The van der Waals surface area contributed by atoms with Crippen LogP contribution in [0, 0.1) is 0 Å². The minimum atomic E-state index is 0.213. The molecule has 19 heavy (non-hydrogen) atoms. The lowest BCUT2D eigenvalue weighted by atomic mass is 9.97. The second-order valence-electron chi connectivity index (χ2n) is 5.19. The zero-order chi connectivity index (χ0) is 13.1. The van der Waals surface area contributed by atoms with Crippen LogP contribution in [0.5, 0.6) is 0 Å². The van der Waals surface area contributed by atoms with E-state index in [0.29, 0.717) is 6.04 Å².